The zero-order valence-corrected chi connectivity index (χ0v) is 17.3. The number of hydrogen-bond acceptors (Lipinski definition) is 0. The molecule has 0 saturated heterocycles. The van der Waals surface area contributed by atoms with Gasteiger partial charge in [0.2, 0.25) is 0 Å². The van der Waals surface area contributed by atoms with Crippen molar-refractivity contribution in [2.75, 3.05) is 0 Å². The molecule has 0 N–H and O–H groups in total. The van der Waals surface area contributed by atoms with E-state index in [2.05, 4.69) is 110 Å². The van der Waals surface area contributed by atoms with E-state index in [1.807, 2.05) is 0 Å². The van der Waals surface area contributed by atoms with Crippen molar-refractivity contribution in [1.29, 1.82) is 0 Å². The van der Waals surface area contributed by atoms with Crippen molar-refractivity contribution in [3.63, 3.8) is 0 Å². The van der Waals surface area contributed by atoms with Gasteiger partial charge in [-0.15, -0.1) is 0 Å². The van der Waals surface area contributed by atoms with Gasteiger partial charge in [0.05, 0.1) is 0 Å². The zero-order chi connectivity index (χ0) is 15.7. The molecule has 0 nitrogen and oxygen atoms in total. The predicted molar refractivity (Wildman–Crippen MR) is 104 cm³/mol. The fraction of sp³-hybridized carbons (Fsp3) is 0.294. The van der Waals surface area contributed by atoms with E-state index >= 15 is 0 Å². The van der Waals surface area contributed by atoms with Gasteiger partial charge in [0.1, 0.15) is 0 Å². The van der Waals surface area contributed by atoms with Gasteiger partial charge in [-0.05, 0) is 0 Å². The molecule has 21 heavy (non-hydrogen) atoms. The molecule has 0 radical (unpaired) electrons. The third-order valence-electron chi connectivity index (χ3n) is 6.12. The molecule has 0 amide bonds. The van der Waals surface area contributed by atoms with E-state index in [9.17, 15) is 0 Å². The van der Waals surface area contributed by atoms with Gasteiger partial charge in [-0.2, -0.15) is 0 Å². The van der Waals surface area contributed by atoms with Crippen LogP contribution in [0.1, 0.15) is 0 Å². The molecule has 0 fully saturated rings. The molecule has 0 spiro atoms. The number of rotatable bonds is 4. The second kappa shape index (κ2) is 6.06. The van der Waals surface area contributed by atoms with Crippen molar-refractivity contribution >= 4 is 48.0 Å². The monoisotopic (exact) mass is 320 g/mol. The Labute approximate surface area is 141 Å². The van der Waals surface area contributed by atoms with Crippen LogP contribution in [0.4, 0.5) is 0 Å². The Hall–Kier alpha value is -0.312. The summed E-state index contributed by atoms with van der Waals surface area (Å²) in [5.41, 5.74) is -1.36. The summed E-state index contributed by atoms with van der Waals surface area (Å²) in [5, 5.41) is 3.27. The average Bonchev–Trinajstić information content (AvgIpc) is 2.48. The van der Waals surface area contributed by atoms with Crippen molar-refractivity contribution in [3.8, 4) is 0 Å². The Balaban J connectivity index is 2.50. The Morgan fingerprint density at radius 1 is 0.571 bits per heavy atom. The summed E-state index contributed by atoms with van der Waals surface area (Å²) >= 11 is 2.66. The van der Waals surface area contributed by atoms with Gasteiger partial charge >= 0.3 is 141 Å². The third kappa shape index (κ3) is 2.95. The van der Waals surface area contributed by atoms with Gasteiger partial charge in [0, 0.05) is 0 Å². The molecule has 0 heterocycles. The van der Waals surface area contributed by atoms with Crippen LogP contribution in [-0.4, -0.2) is 37.6 Å². The second-order valence-corrected chi connectivity index (χ2v) is 35.0. The predicted octanol–water partition coefficient (Wildman–Crippen LogP) is 3.12. The zero-order valence-electron chi connectivity index (χ0n) is 14.3. The van der Waals surface area contributed by atoms with Crippen LogP contribution in [0.15, 0.2) is 60.7 Å². The Bertz CT molecular complexity index is 538. The third-order valence-corrected chi connectivity index (χ3v) is 47.7. The minimum absolute atomic E-state index is 1.36. The van der Waals surface area contributed by atoms with Gasteiger partial charge < -0.3 is 0 Å². The van der Waals surface area contributed by atoms with Gasteiger partial charge in [-0.25, -0.2) is 0 Å². The van der Waals surface area contributed by atoms with Crippen molar-refractivity contribution in [1.82, 2.24) is 0 Å². The molecule has 0 atom stereocenters. The van der Waals surface area contributed by atoms with Crippen LogP contribution in [0, 0.1) is 0 Å². The normalized spacial score (nSPS) is 13.3. The number of benzene rings is 2. The molecule has 0 aliphatic rings. The standard InChI is InChI=1S/C17H25Si3.Li/c1-18(19(2,3)16-12-8-6-9-13-16)20(4,5)17-14-10-7-11-15-17;/h6-15H,1-5H3;. The topological polar surface area (TPSA) is 0 Å². The first-order chi connectivity index (χ1) is 9.71. The van der Waals surface area contributed by atoms with Crippen LogP contribution in [0.25, 0.3) is 0 Å². The van der Waals surface area contributed by atoms with Crippen LogP contribution in [0.3, 0.4) is 0 Å². The van der Waals surface area contributed by atoms with Crippen LogP contribution >= 0.6 is 0 Å². The van der Waals surface area contributed by atoms with Gasteiger partial charge in [-0.1, -0.05) is 0 Å². The molecular weight excluding hydrogens is 295 g/mol. The summed E-state index contributed by atoms with van der Waals surface area (Å²) in [5.74, 6) is 0. The summed E-state index contributed by atoms with van der Waals surface area (Å²) in [6.45, 7) is 13.1. The minimum atomic E-state index is -1.42. The maximum absolute atomic E-state index is 2.66. The van der Waals surface area contributed by atoms with Gasteiger partial charge in [-0.3, -0.25) is 0 Å². The van der Waals surface area contributed by atoms with E-state index in [1.165, 1.54) is 0 Å². The second-order valence-electron chi connectivity index (χ2n) is 7.61. The Morgan fingerprint density at radius 2 is 0.857 bits per heavy atom. The van der Waals surface area contributed by atoms with Gasteiger partial charge in [0.15, 0.2) is 0 Å². The van der Waals surface area contributed by atoms with E-state index < -0.39 is 20.6 Å². The van der Waals surface area contributed by atoms with Crippen LogP contribution < -0.4 is 10.4 Å². The SMILES string of the molecule is [Li][Si](C)([Si](C)(C)c1ccccc1)[Si](C)(C)c1ccccc1. The fourth-order valence-corrected chi connectivity index (χ4v) is 34.9. The Morgan fingerprint density at radius 3 is 1.14 bits per heavy atom. The molecule has 2 aromatic rings. The molecule has 0 aliphatic heterocycles. The van der Waals surface area contributed by atoms with Crippen molar-refractivity contribution in [2.24, 2.45) is 0 Å². The molecule has 4 heteroatoms. The number of hydrogen-bond donors (Lipinski definition) is 0. The summed E-state index contributed by atoms with van der Waals surface area (Å²) in [6, 6.07) is 22.6. The molecule has 0 unspecified atom stereocenters. The van der Waals surface area contributed by atoms with Crippen LogP contribution in [-0.2, 0) is 0 Å². The Kier molecular flexibility index (Phi) is 4.92. The molecular formula is C17H25LiSi3. The van der Waals surface area contributed by atoms with E-state index in [0.29, 0.717) is 0 Å². The van der Waals surface area contributed by atoms with Crippen molar-refractivity contribution in [2.45, 2.75) is 32.7 Å². The molecule has 0 aliphatic carbocycles. The fourth-order valence-electron chi connectivity index (χ4n) is 3.21. The van der Waals surface area contributed by atoms with E-state index in [-0.39, 0.29) is 0 Å². The molecule has 2 aromatic carbocycles. The van der Waals surface area contributed by atoms with E-state index in [4.69, 9.17) is 0 Å². The van der Waals surface area contributed by atoms with Crippen LogP contribution in [0.5, 0.6) is 0 Å². The maximum atomic E-state index is 2.66. The molecule has 0 bridgehead atoms. The molecule has 106 valence electrons. The first kappa shape index (κ1) is 17.0. The van der Waals surface area contributed by atoms with Crippen LogP contribution in [0.2, 0.25) is 32.7 Å². The summed E-state index contributed by atoms with van der Waals surface area (Å²) in [7, 11) is -2.85. The first-order valence-electron chi connectivity index (χ1n) is 7.82. The molecule has 2 rings (SSSR count). The first-order valence-corrected chi connectivity index (χ1v) is 18.8. The van der Waals surface area contributed by atoms with Crippen molar-refractivity contribution in [3.05, 3.63) is 60.7 Å². The van der Waals surface area contributed by atoms with E-state index in [0.717, 1.165) is 0 Å². The quantitative estimate of drug-likeness (QED) is 0.759. The molecule has 0 saturated carbocycles. The summed E-state index contributed by atoms with van der Waals surface area (Å²) in [6.07, 6.45) is 0. The average molecular weight is 321 g/mol. The van der Waals surface area contributed by atoms with E-state index in [1.54, 1.807) is 10.4 Å². The van der Waals surface area contributed by atoms with Gasteiger partial charge in [0.25, 0.3) is 0 Å². The summed E-state index contributed by atoms with van der Waals surface area (Å²) < 4.78 is 0. The molecule has 0 aromatic heterocycles. The summed E-state index contributed by atoms with van der Waals surface area (Å²) in [4.78, 5) is 0. The van der Waals surface area contributed by atoms with Crippen molar-refractivity contribution < 1.29 is 0 Å².